The SMILES string of the molecule is O=C(CCl)N(c1ccc(C(F)(F)F)cc1)C1CCS(=O)(=O)C1. The van der Waals surface area contributed by atoms with Crippen molar-refractivity contribution in [3.05, 3.63) is 29.8 Å². The van der Waals surface area contributed by atoms with Crippen LogP contribution in [0.4, 0.5) is 18.9 Å². The second kappa shape index (κ2) is 6.08. The number of carbonyl (C=O) groups excluding carboxylic acids is 1. The van der Waals surface area contributed by atoms with E-state index in [1.165, 1.54) is 4.90 Å². The molecule has 1 amide bonds. The Morgan fingerprint density at radius 1 is 1.27 bits per heavy atom. The van der Waals surface area contributed by atoms with Crippen molar-refractivity contribution in [2.24, 2.45) is 0 Å². The molecule has 9 heteroatoms. The molecule has 1 aliphatic heterocycles. The van der Waals surface area contributed by atoms with Gasteiger partial charge in [0.05, 0.1) is 23.1 Å². The highest BCUT2D eigenvalue weighted by Crippen LogP contribution is 2.32. The van der Waals surface area contributed by atoms with Gasteiger partial charge in [-0.25, -0.2) is 8.42 Å². The quantitative estimate of drug-likeness (QED) is 0.783. The Labute approximate surface area is 130 Å². The summed E-state index contributed by atoms with van der Waals surface area (Å²) in [6.45, 7) is 0. The third kappa shape index (κ3) is 3.73. The Bertz CT molecular complexity index is 658. The highest BCUT2D eigenvalue weighted by Gasteiger charge is 2.36. The van der Waals surface area contributed by atoms with E-state index in [0.29, 0.717) is 0 Å². The highest BCUT2D eigenvalue weighted by molar-refractivity contribution is 7.91. The van der Waals surface area contributed by atoms with Crippen LogP contribution >= 0.6 is 11.6 Å². The second-order valence-electron chi connectivity index (χ2n) is 5.00. The number of hydrogen-bond donors (Lipinski definition) is 0. The molecule has 1 heterocycles. The van der Waals surface area contributed by atoms with Gasteiger partial charge in [-0.15, -0.1) is 11.6 Å². The molecule has 22 heavy (non-hydrogen) atoms. The van der Waals surface area contributed by atoms with Gasteiger partial charge in [0.1, 0.15) is 5.88 Å². The molecule has 0 saturated carbocycles. The molecule has 0 radical (unpaired) electrons. The van der Waals surface area contributed by atoms with Crippen LogP contribution in [0.2, 0.25) is 0 Å². The van der Waals surface area contributed by atoms with Gasteiger partial charge in [0.2, 0.25) is 5.91 Å². The van der Waals surface area contributed by atoms with E-state index in [1.54, 1.807) is 0 Å². The maximum Gasteiger partial charge on any atom is 0.416 e. The maximum atomic E-state index is 12.6. The number of alkyl halides is 4. The van der Waals surface area contributed by atoms with Crippen molar-refractivity contribution in [2.45, 2.75) is 18.6 Å². The van der Waals surface area contributed by atoms with Crippen LogP contribution in [-0.2, 0) is 20.8 Å². The van der Waals surface area contributed by atoms with Gasteiger partial charge in [-0.1, -0.05) is 0 Å². The number of anilines is 1. The molecule has 2 rings (SSSR count). The van der Waals surface area contributed by atoms with Gasteiger partial charge in [-0.2, -0.15) is 13.2 Å². The van der Waals surface area contributed by atoms with Crippen LogP contribution in [0.15, 0.2) is 24.3 Å². The summed E-state index contributed by atoms with van der Waals surface area (Å²) in [7, 11) is -3.24. The maximum absolute atomic E-state index is 12.6. The standard InChI is InChI=1S/C13H13ClF3NO3S/c14-7-12(19)18(11-5-6-22(20,21)8-11)10-3-1-9(2-4-10)13(15,16)17/h1-4,11H,5-8H2. The molecule has 4 nitrogen and oxygen atoms in total. The molecule has 0 spiro atoms. The van der Waals surface area contributed by atoms with Crippen molar-refractivity contribution >= 4 is 33.0 Å². The zero-order chi connectivity index (χ0) is 16.5. The van der Waals surface area contributed by atoms with Crippen LogP contribution in [-0.4, -0.2) is 37.8 Å². The summed E-state index contributed by atoms with van der Waals surface area (Å²) in [5.41, 5.74) is -0.630. The minimum Gasteiger partial charge on any atom is -0.307 e. The Balaban J connectivity index is 2.32. The van der Waals surface area contributed by atoms with Gasteiger partial charge in [-0.05, 0) is 30.7 Å². The molecule has 0 N–H and O–H groups in total. The topological polar surface area (TPSA) is 54.5 Å². The van der Waals surface area contributed by atoms with Crippen molar-refractivity contribution in [3.63, 3.8) is 0 Å². The molecule has 0 bridgehead atoms. The molecular weight excluding hydrogens is 343 g/mol. The summed E-state index contributed by atoms with van der Waals surface area (Å²) in [4.78, 5) is 13.1. The summed E-state index contributed by atoms with van der Waals surface area (Å²) in [5.74, 6) is -1.18. The molecule has 122 valence electrons. The predicted octanol–water partition coefficient (Wildman–Crippen LogP) is 2.46. The summed E-state index contributed by atoms with van der Waals surface area (Å²) in [5, 5.41) is 0. The van der Waals surface area contributed by atoms with Crippen LogP contribution < -0.4 is 4.90 Å². The van der Waals surface area contributed by atoms with Gasteiger partial charge < -0.3 is 4.90 Å². The molecule has 1 saturated heterocycles. The van der Waals surface area contributed by atoms with E-state index in [0.717, 1.165) is 24.3 Å². The van der Waals surface area contributed by atoms with Crippen molar-refractivity contribution in [1.82, 2.24) is 0 Å². The summed E-state index contributed by atoms with van der Waals surface area (Å²) in [6.07, 6.45) is -4.23. The van der Waals surface area contributed by atoms with E-state index in [9.17, 15) is 26.4 Å². The first-order valence-corrected chi connectivity index (χ1v) is 8.75. The molecule has 0 aromatic heterocycles. The third-order valence-electron chi connectivity index (χ3n) is 3.43. The molecule has 1 aliphatic rings. The summed E-state index contributed by atoms with van der Waals surface area (Å²) < 4.78 is 60.8. The number of sulfone groups is 1. The number of amides is 1. The Morgan fingerprint density at radius 3 is 2.27 bits per heavy atom. The normalized spacial score (nSPS) is 20.8. The Morgan fingerprint density at radius 2 is 1.86 bits per heavy atom. The van der Waals surface area contributed by atoms with Crippen LogP contribution in [0.1, 0.15) is 12.0 Å². The lowest BCUT2D eigenvalue weighted by Gasteiger charge is -2.28. The molecule has 0 aliphatic carbocycles. The number of hydrogen-bond acceptors (Lipinski definition) is 3. The minimum absolute atomic E-state index is 0.0512. The van der Waals surface area contributed by atoms with Gasteiger partial charge in [0.25, 0.3) is 0 Å². The molecule has 1 aromatic carbocycles. The van der Waals surface area contributed by atoms with Crippen molar-refractivity contribution in [3.8, 4) is 0 Å². The third-order valence-corrected chi connectivity index (χ3v) is 5.41. The molecule has 1 fully saturated rings. The first kappa shape index (κ1) is 17.1. The van der Waals surface area contributed by atoms with Gasteiger partial charge >= 0.3 is 6.18 Å². The van der Waals surface area contributed by atoms with Crippen LogP contribution in [0.5, 0.6) is 0 Å². The van der Waals surface area contributed by atoms with Gasteiger partial charge in [0, 0.05) is 5.69 Å². The Kier molecular flexibility index (Phi) is 4.72. The zero-order valence-corrected chi connectivity index (χ0v) is 12.9. The molecule has 1 aromatic rings. The molecule has 1 unspecified atom stereocenters. The number of benzene rings is 1. The first-order valence-electron chi connectivity index (χ1n) is 6.40. The summed E-state index contributed by atoms with van der Waals surface area (Å²) in [6, 6.07) is 3.41. The lowest BCUT2D eigenvalue weighted by molar-refractivity contribution is -0.137. The number of halogens is 4. The predicted molar refractivity (Wildman–Crippen MR) is 76.7 cm³/mol. The van der Waals surface area contributed by atoms with E-state index >= 15 is 0 Å². The number of rotatable bonds is 3. The van der Waals surface area contributed by atoms with E-state index in [2.05, 4.69) is 0 Å². The monoisotopic (exact) mass is 355 g/mol. The van der Waals surface area contributed by atoms with Crippen molar-refractivity contribution in [1.29, 1.82) is 0 Å². The Hall–Kier alpha value is -1.28. The fourth-order valence-corrected chi connectivity index (χ4v) is 4.24. The minimum atomic E-state index is -4.48. The average Bonchev–Trinajstić information content (AvgIpc) is 2.78. The summed E-state index contributed by atoms with van der Waals surface area (Å²) >= 11 is 5.53. The van der Waals surface area contributed by atoms with Crippen LogP contribution in [0.3, 0.4) is 0 Å². The first-order chi connectivity index (χ1) is 10.1. The van der Waals surface area contributed by atoms with Crippen molar-refractivity contribution in [2.75, 3.05) is 22.3 Å². The zero-order valence-electron chi connectivity index (χ0n) is 11.3. The van der Waals surface area contributed by atoms with E-state index in [-0.39, 0.29) is 29.5 Å². The fraction of sp³-hybridized carbons (Fsp3) is 0.462. The van der Waals surface area contributed by atoms with E-state index in [1.807, 2.05) is 0 Å². The smallest absolute Gasteiger partial charge is 0.307 e. The lowest BCUT2D eigenvalue weighted by Crippen LogP contribution is -2.42. The van der Waals surface area contributed by atoms with E-state index < -0.39 is 33.5 Å². The molecule has 1 atom stereocenters. The number of carbonyl (C=O) groups is 1. The van der Waals surface area contributed by atoms with Crippen molar-refractivity contribution < 1.29 is 26.4 Å². The van der Waals surface area contributed by atoms with Crippen LogP contribution in [0, 0.1) is 0 Å². The van der Waals surface area contributed by atoms with E-state index in [4.69, 9.17) is 11.6 Å². The van der Waals surface area contributed by atoms with Crippen LogP contribution in [0.25, 0.3) is 0 Å². The lowest BCUT2D eigenvalue weighted by atomic mass is 10.1. The molecular formula is C13H13ClF3NO3S. The highest BCUT2D eigenvalue weighted by atomic mass is 35.5. The fourth-order valence-electron chi connectivity index (χ4n) is 2.41. The second-order valence-corrected chi connectivity index (χ2v) is 7.49. The number of nitrogens with zero attached hydrogens (tertiary/aromatic N) is 1. The average molecular weight is 356 g/mol. The van der Waals surface area contributed by atoms with Gasteiger partial charge in [-0.3, -0.25) is 4.79 Å². The van der Waals surface area contributed by atoms with Gasteiger partial charge in [0.15, 0.2) is 9.84 Å². The largest absolute Gasteiger partial charge is 0.416 e.